The van der Waals surface area contributed by atoms with Crippen LogP contribution in [0.5, 0.6) is 0 Å². The van der Waals surface area contributed by atoms with Gasteiger partial charge in [0.05, 0.1) is 41.2 Å². The molecular weight excluding hydrogens is 287 g/mol. The van der Waals surface area contributed by atoms with Gasteiger partial charge in [0.1, 0.15) is 0 Å². The zero-order chi connectivity index (χ0) is 13.5. The van der Waals surface area contributed by atoms with Gasteiger partial charge in [-0.15, -0.1) is 0 Å². The minimum Gasteiger partial charge on any atom is -0.397 e. The molecule has 0 unspecified atom stereocenters. The monoisotopic (exact) mass is 302 g/mol. The van der Waals surface area contributed by atoms with Gasteiger partial charge in [0.2, 0.25) is 0 Å². The highest BCUT2D eigenvalue weighted by Crippen LogP contribution is 2.37. The number of rotatable bonds is 1. The Hall–Kier alpha value is -0.680. The first-order valence-corrected chi connectivity index (χ1v) is 7.13. The Bertz CT molecular complexity index is 490. The fourth-order valence-corrected chi connectivity index (χ4v) is 3.08. The molecule has 0 radical (unpaired) electrons. The molecule has 0 saturated carbocycles. The third kappa shape index (κ3) is 2.50. The molecule has 0 amide bonds. The number of anilines is 2. The van der Waals surface area contributed by atoms with Crippen molar-refractivity contribution in [3.05, 3.63) is 22.2 Å². The summed E-state index contributed by atoms with van der Waals surface area (Å²) in [6.45, 7) is 2.90. The molecule has 2 fully saturated rings. The van der Waals surface area contributed by atoms with Crippen LogP contribution in [0.25, 0.3) is 0 Å². The molecule has 0 atom stereocenters. The van der Waals surface area contributed by atoms with Crippen LogP contribution in [0.4, 0.5) is 11.4 Å². The lowest BCUT2D eigenvalue weighted by atomic mass is 10.0. The Balaban J connectivity index is 1.87. The smallest absolute Gasteiger partial charge is 0.186 e. The van der Waals surface area contributed by atoms with Gasteiger partial charge in [-0.3, -0.25) is 0 Å². The second-order valence-corrected chi connectivity index (χ2v) is 5.77. The number of nitrogens with two attached hydrogens (primary N) is 1. The zero-order valence-electron chi connectivity index (χ0n) is 10.5. The number of halogens is 2. The van der Waals surface area contributed by atoms with Crippen LogP contribution in [0.15, 0.2) is 12.1 Å². The van der Waals surface area contributed by atoms with E-state index in [1.54, 1.807) is 6.07 Å². The van der Waals surface area contributed by atoms with Crippen LogP contribution in [0.1, 0.15) is 12.8 Å². The summed E-state index contributed by atoms with van der Waals surface area (Å²) in [4.78, 5) is 2.16. The van der Waals surface area contributed by atoms with Gasteiger partial charge < -0.3 is 20.1 Å². The third-order valence-electron chi connectivity index (χ3n) is 3.64. The van der Waals surface area contributed by atoms with E-state index in [1.807, 2.05) is 6.07 Å². The summed E-state index contributed by atoms with van der Waals surface area (Å²) in [6, 6.07) is 3.50. The molecule has 6 heteroatoms. The van der Waals surface area contributed by atoms with Crippen LogP contribution in [0.3, 0.4) is 0 Å². The van der Waals surface area contributed by atoms with Gasteiger partial charge >= 0.3 is 0 Å². The molecule has 2 saturated heterocycles. The predicted molar refractivity (Wildman–Crippen MR) is 77.0 cm³/mol. The van der Waals surface area contributed by atoms with E-state index in [0.29, 0.717) is 35.5 Å². The minimum absolute atomic E-state index is 0.475. The summed E-state index contributed by atoms with van der Waals surface area (Å²) in [5, 5.41) is 0.988. The summed E-state index contributed by atoms with van der Waals surface area (Å²) in [5.41, 5.74) is 7.57. The SMILES string of the molecule is Nc1cc(Cl)c(Cl)cc1N1CCCC2(C1)OCCO2. The van der Waals surface area contributed by atoms with Crippen molar-refractivity contribution in [2.45, 2.75) is 18.6 Å². The van der Waals surface area contributed by atoms with Crippen LogP contribution in [-0.2, 0) is 9.47 Å². The Kier molecular flexibility index (Phi) is 3.52. The maximum atomic E-state index is 6.08. The Labute approximate surface area is 122 Å². The lowest BCUT2D eigenvalue weighted by Gasteiger charge is -2.40. The fraction of sp³-hybridized carbons (Fsp3) is 0.538. The van der Waals surface area contributed by atoms with E-state index in [-0.39, 0.29) is 0 Å². The predicted octanol–water partition coefficient (Wildman–Crippen LogP) is 2.92. The lowest BCUT2D eigenvalue weighted by molar-refractivity contribution is -0.161. The minimum atomic E-state index is -0.475. The molecule has 104 valence electrons. The summed E-state index contributed by atoms with van der Waals surface area (Å²) < 4.78 is 11.5. The van der Waals surface area contributed by atoms with Gasteiger partial charge in [0.15, 0.2) is 5.79 Å². The number of benzene rings is 1. The van der Waals surface area contributed by atoms with Crippen molar-refractivity contribution in [3.8, 4) is 0 Å². The molecule has 2 N–H and O–H groups in total. The number of nitrogen functional groups attached to an aromatic ring is 1. The highest BCUT2D eigenvalue weighted by atomic mass is 35.5. The van der Waals surface area contributed by atoms with Crippen molar-refractivity contribution < 1.29 is 9.47 Å². The number of piperidine rings is 1. The van der Waals surface area contributed by atoms with Crippen molar-refractivity contribution in [3.63, 3.8) is 0 Å². The number of hydrogen-bond donors (Lipinski definition) is 1. The van der Waals surface area contributed by atoms with Crippen LogP contribution in [0, 0.1) is 0 Å². The van der Waals surface area contributed by atoms with Crippen molar-refractivity contribution in [2.75, 3.05) is 36.9 Å². The molecular formula is C13H16Cl2N2O2. The molecule has 1 aromatic rings. The second-order valence-electron chi connectivity index (χ2n) is 4.96. The molecule has 0 bridgehead atoms. The maximum absolute atomic E-state index is 6.08. The second kappa shape index (κ2) is 5.02. The normalized spacial score (nSPS) is 22.1. The van der Waals surface area contributed by atoms with Gasteiger partial charge in [-0.1, -0.05) is 23.2 Å². The summed E-state index contributed by atoms with van der Waals surface area (Å²) in [6.07, 6.45) is 1.92. The van der Waals surface area contributed by atoms with Gasteiger partial charge in [-0.05, 0) is 18.6 Å². The van der Waals surface area contributed by atoms with E-state index in [1.165, 1.54) is 0 Å². The highest BCUT2D eigenvalue weighted by molar-refractivity contribution is 6.42. The molecule has 19 heavy (non-hydrogen) atoms. The molecule has 2 aliphatic heterocycles. The molecule has 0 aromatic heterocycles. The molecule has 2 heterocycles. The van der Waals surface area contributed by atoms with Crippen LogP contribution in [0.2, 0.25) is 10.0 Å². The lowest BCUT2D eigenvalue weighted by Crippen LogP contribution is -2.49. The molecule has 3 rings (SSSR count). The quantitative estimate of drug-likeness (QED) is 0.810. The van der Waals surface area contributed by atoms with Gasteiger partial charge in [0.25, 0.3) is 0 Å². The first kappa shape index (κ1) is 13.3. The highest BCUT2D eigenvalue weighted by Gasteiger charge is 2.41. The van der Waals surface area contributed by atoms with Gasteiger partial charge in [-0.2, -0.15) is 0 Å². The molecule has 4 nitrogen and oxygen atoms in total. The van der Waals surface area contributed by atoms with E-state index in [9.17, 15) is 0 Å². The van der Waals surface area contributed by atoms with E-state index in [0.717, 1.165) is 25.1 Å². The number of hydrogen-bond acceptors (Lipinski definition) is 4. The van der Waals surface area contributed by atoms with Gasteiger partial charge in [-0.25, -0.2) is 0 Å². The number of ether oxygens (including phenoxy) is 2. The van der Waals surface area contributed by atoms with Crippen molar-refractivity contribution in [1.29, 1.82) is 0 Å². The largest absolute Gasteiger partial charge is 0.397 e. The summed E-state index contributed by atoms with van der Waals surface area (Å²) in [5.74, 6) is -0.475. The van der Waals surface area contributed by atoms with Crippen LogP contribution >= 0.6 is 23.2 Å². The average molecular weight is 303 g/mol. The summed E-state index contributed by atoms with van der Waals surface area (Å²) >= 11 is 12.0. The average Bonchev–Trinajstić information content (AvgIpc) is 2.82. The van der Waals surface area contributed by atoms with Crippen molar-refractivity contribution >= 4 is 34.6 Å². The zero-order valence-corrected chi connectivity index (χ0v) is 12.0. The van der Waals surface area contributed by atoms with Gasteiger partial charge in [0, 0.05) is 13.0 Å². The topological polar surface area (TPSA) is 47.7 Å². The van der Waals surface area contributed by atoms with E-state index in [2.05, 4.69) is 4.90 Å². The molecule has 2 aliphatic rings. The Morgan fingerprint density at radius 1 is 1.16 bits per heavy atom. The van der Waals surface area contributed by atoms with Crippen LogP contribution < -0.4 is 10.6 Å². The van der Waals surface area contributed by atoms with Crippen LogP contribution in [-0.4, -0.2) is 32.1 Å². The van der Waals surface area contributed by atoms with E-state index < -0.39 is 5.79 Å². The molecule has 0 aliphatic carbocycles. The fourth-order valence-electron chi connectivity index (χ4n) is 2.75. The Morgan fingerprint density at radius 2 is 1.84 bits per heavy atom. The molecule has 1 spiro atoms. The number of nitrogens with zero attached hydrogens (tertiary/aromatic N) is 1. The first-order chi connectivity index (χ1) is 9.10. The third-order valence-corrected chi connectivity index (χ3v) is 4.36. The van der Waals surface area contributed by atoms with Crippen molar-refractivity contribution in [1.82, 2.24) is 0 Å². The summed E-state index contributed by atoms with van der Waals surface area (Å²) in [7, 11) is 0. The van der Waals surface area contributed by atoms with E-state index >= 15 is 0 Å². The standard InChI is InChI=1S/C13H16Cl2N2O2/c14-9-6-11(16)12(7-10(9)15)17-3-1-2-13(8-17)18-4-5-19-13/h6-7H,1-5,8,16H2. The van der Waals surface area contributed by atoms with Crippen molar-refractivity contribution in [2.24, 2.45) is 0 Å². The maximum Gasteiger partial charge on any atom is 0.186 e. The molecule has 1 aromatic carbocycles. The van der Waals surface area contributed by atoms with E-state index in [4.69, 9.17) is 38.4 Å². The Morgan fingerprint density at radius 3 is 2.58 bits per heavy atom. The first-order valence-electron chi connectivity index (χ1n) is 6.37.